The minimum Gasteiger partial charge on any atom is -0.361 e. The van der Waals surface area contributed by atoms with Crippen LogP contribution in [0.1, 0.15) is 12.0 Å². The van der Waals surface area contributed by atoms with Crippen molar-refractivity contribution in [1.82, 2.24) is 4.98 Å². The van der Waals surface area contributed by atoms with Gasteiger partial charge >= 0.3 is 5.69 Å². The summed E-state index contributed by atoms with van der Waals surface area (Å²) in [6.07, 6.45) is -1.49. The molecule has 0 unspecified atom stereocenters. The second-order valence-corrected chi connectivity index (χ2v) is 2.18. The SMILES string of the molecule is O=c1c(C(F)F)c[nH]cc1[N+](=O)[O-]. The van der Waals surface area contributed by atoms with Gasteiger partial charge in [-0.05, 0) is 0 Å². The molecule has 7 heteroatoms. The van der Waals surface area contributed by atoms with E-state index in [4.69, 9.17) is 0 Å². The lowest BCUT2D eigenvalue weighted by Crippen LogP contribution is -2.13. The average Bonchev–Trinajstić information content (AvgIpc) is 2.03. The Morgan fingerprint density at radius 3 is 2.54 bits per heavy atom. The van der Waals surface area contributed by atoms with E-state index in [1.165, 1.54) is 0 Å². The number of aromatic nitrogens is 1. The molecule has 0 bridgehead atoms. The predicted octanol–water partition coefficient (Wildman–Crippen LogP) is 1.22. The molecule has 0 saturated carbocycles. The maximum Gasteiger partial charge on any atom is 0.332 e. The molecule has 0 aliphatic heterocycles. The highest BCUT2D eigenvalue weighted by Crippen LogP contribution is 2.15. The van der Waals surface area contributed by atoms with E-state index in [0.29, 0.717) is 0 Å². The van der Waals surface area contributed by atoms with Crippen molar-refractivity contribution in [2.75, 3.05) is 0 Å². The molecule has 1 aromatic rings. The number of rotatable bonds is 2. The largest absolute Gasteiger partial charge is 0.361 e. The lowest BCUT2D eigenvalue weighted by Gasteiger charge is -1.96. The highest BCUT2D eigenvalue weighted by atomic mass is 19.3. The van der Waals surface area contributed by atoms with E-state index in [9.17, 15) is 23.7 Å². The van der Waals surface area contributed by atoms with Crippen LogP contribution in [0.5, 0.6) is 0 Å². The molecule has 70 valence electrons. The summed E-state index contributed by atoms with van der Waals surface area (Å²) in [4.78, 5) is 22.1. The van der Waals surface area contributed by atoms with Gasteiger partial charge in [-0.25, -0.2) is 8.78 Å². The van der Waals surface area contributed by atoms with E-state index < -0.39 is 28.0 Å². The van der Waals surface area contributed by atoms with Crippen molar-refractivity contribution < 1.29 is 13.7 Å². The molecule has 1 heterocycles. The smallest absolute Gasteiger partial charge is 0.332 e. The first-order chi connectivity index (χ1) is 6.04. The Morgan fingerprint density at radius 1 is 1.46 bits per heavy atom. The second kappa shape index (κ2) is 3.30. The van der Waals surface area contributed by atoms with E-state index in [0.717, 1.165) is 12.4 Å². The summed E-state index contributed by atoms with van der Waals surface area (Å²) in [6, 6.07) is 0. The molecule has 1 aromatic heterocycles. The number of nitro groups is 1. The Morgan fingerprint density at radius 2 is 2.08 bits per heavy atom. The minimum absolute atomic E-state index is 0.750. The third kappa shape index (κ3) is 1.68. The molecule has 0 radical (unpaired) electrons. The predicted molar refractivity (Wildman–Crippen MR) is 38.7 cm³/mol. The molecule has 5 nitrogen and oxygen atoms in total. The van der Waals surface area contributed by atoms with Crippen LogP contribution in [0, 0.1) is 10.1 Å². The van der Waals surface area contributed by atoms with Crippen LogP contribution in [0.4, 0.5) is 14.5 Å². The summed E-state index contributed by atoms with van der Waals surface area (Å²) in [5.41, 5.74) is -3.02. The van der Waals surface area contributed by atoms with Crippen LogP contribution in [0.25, 0.3) is 0 Å². The van der Waals surface area contributed by atoms with Crippen molar-refractivity contribution in [3.63, 3.8) is 0 Å². The van der Waals surface area contributed by atoms with Crippen LogP contribution < -0.4 is 5.43 Å². The zero-order valence-corrected chi connectivity index (χ0v) is 6.16. The van der Waals surface area contributed by atoms with Gasteiger partial charge in [0, 0.05) is 6.20 Å². The number of nitrogens with one attached hydrogen (secondary N) is 1. The lowest BCUT2D eigenvalue weighted by molar-refractivity contribution is -0.386. The first-order valence-corrected chi connectivity index (χ1v) is 3.17. The monoisotopic (exact) mass is 190 g/mol. The van der Waals surface area contributed by atoms with Crippen LogP contribution in [0.2, 0.25) is 0 Å². The normalized spacial score (nSPS) is 10.4. The Balaban J connectivity index is 3.36. The summed E-state index contributed by atoms with van der Waals surface area (Å²) in [7, 11) is 0. The fourth-order valence-electron chi connectivity index (χ4n) is 0.787. The first kappa shape index (κ1) is 9.30. The zero-order chi connectivity index (χ0) is 10.0. The van der Waals surface area contributed by atoms with E-state index >= 15 is 0 Å². The molecule has 1 rings (SSSR count). The van der Waals surface area contributed by atoms with Crippen molar-refractivity contribution in [3.8, 4) is 0 Å². The molecule has 0 aromatic carbocycles. The van der Waals surface area contributed by atoms with Gasteiger partial charge in [0.1, 0.15) is 0 Å². The summed E-state index contributed by atoms with van der Waals surface area (Å²) in [5.74, 6) is 0. The summed E-state index contributed by atoms with van der Waals surface area (Å²) in [6.45, 7) is 0. The number of nitrogens with zero attached hydrogens (tertiary/aromatic N) is 1. The van der Waals surface area contributed by atoms with Gasteiger partial charge in [-0.3, -0.25) is 14.9 Å². The van der Waals surface area contributed by atoms with Crippen LogP contribution in [-0.4, -0.2) is 9.91 Å². The standard InChI is InChI=1S/C6H4F2N2O3/c7-6(8)3-1-9-2-4(5(3)11)10(12)13/h1-2,6H,(H,9,11). The number of hydrogen-bond acceptors (Lipinski definition) is 3. The van der Waals surface area contributed by atoms with Gasteiger partial charge < -0.3 is 4.98 Å². The zero-order valence-electron chi connectivity index (χ0n) is 6.16. The third-order valence-corrected chi connectivity index (χ3v) is 1.39. The van der Waals surface area contributed by atoms with Crippen molar-refractivity contribution in [2.24, 2.45) is 0 Å². The molecule has 0 spiro atoms. The van der Waals surface area contributed by atoms with Crippen molar-refractivity contribution in [1.29, 1.82) is 0 Å². The number of H-pyrrole nitrogens is 1. The molecule has 13 heavy (non-hydrogen) atoms. The Kier molecular flexibility index (Phi) is 2.36. The van der Waals surface area contributed by atoms with Crippen LogP contribution in [0.15, 0.2) is 17.2 Å². The van der Waals surface area contributed by atoms with E-state index in [1.54, 1.807) is 0 Å². The fourth-order valence-corrected chi connectivity index (χ4v) is 0.787. The van der Waals surface area contributed by atoms with Gasteiger partial charge in [-0.2, -0.15) is 0 Å². The third-order valence-electron chi connectivity index (χ3n) is 1.39. The van der Waals surface area contributed by atoms with Crippen molar-refractivity contribution in [3.05, 3.63) is 38.3 Å². The molecule has 0 aliphatic carbocycles. The van der Waals surface area contributed by atoms with Crippen LogP contribution in [0.3, 0.4) is 0 Å². The number of hydrogen-bond donors (Lipinski definition) is 1. The van der Waals surface area contributed by atoms with Gasteiger partial charge in [0.05, 0.1) is 16.7 Å². The lowest BCUT2D eigenvalue weighted by atomic mass is 10.2. The average molecular weight is 190 g/mol. The number of alkyl halides is 2. The van der Waals surface area contributed by atoms with Gasteiger partial charge in [0.15, 0.2) is 0 Å². The maximum atomic E-state index is 12.0. The number of aromatic amines is 1. The highest BCUT2D eigenvalue weighted by Gasteiger charge is 2.20. The molecule has 0 fully saturated rings. The Labute approximate surface area is 70.2 Å². The van der Waals surface area contributed by atoms with E-state index in [1.807, 2.05) is 0 Å². The fraction of sp³-hybridized carbons (Fsp3) is 0.167. The summed E-state index contributed by atoms with van der Waals surface area (Å²) in [5, 5.41) is 10.1. The first-order valence-electron chi connectivity index (χ1n) is 3.17. The second-order valence-electron chi connectivity index (χ2n) is 2.18. The van der Waals surface area contributed by atoms with Gasteiger partial charge in [0.25, 0.3) is 11.9 Å². The molecule has 1 N–H and O–H groups in total. The minimum atomic E-state index is -3.01. The van der Waals surface area contributed by atoms with Gasteiger partial charge in [0.2, 0.25) is 0 Å². The molecule has 0 aliphatic rings. The van der Waals surface area contributed by atoms with Gasteiger partial charge in [-0.15, -0.1) is 0 Å². The maximum absolute atomic E-state index is 12.0. The Bertz CT molecular complexity index is 388. The van der Waals surface area contributed by atoms with Gasteiger partial charge in [-0.1, -0.05) is 0 Å². The quantitative estimate of drug-likeness (QED) is 0.562. The number of pyridine rings is 1. The molecular weight excluding hydrogens is 186 g/mol. The molecule has 0 saturated heterocycles. The van der Waals surface area contributed by atoms with E-state index in [2.05, 4.69) is 4.98 Å². The molecule has 0 amide bonds. The van der Waals surface area contributed by atoms with E-state index in [-0.39, 0.29) is 0 Å². The van der Waals surface area contributed by atoms with Crippen LogP contribution >= 0.6 is 0 Å². The summed E-state index contributed by atoms with van der Waals surface area (Å²) >= 11 is 0. The van der Waals surface area contributed by atoms with Crippen LogP contribution in [-0.2, 0) is 0 Å². The molecule has 0 atom stereocenters. The van der Waals surface area contributed by atoms with Crippen molar-refractivity contribution in [2.45, 2.75) is 6.43 Å². The molecular formula is C6H4F2N2O3. The van der Waals surface area contributed by atoms with Crippen molar-refractivity contribution >= 4 is 5.69 Å². The Hall–Kier alpha value is -1.79. The number of halogens is 2. The topological polar surface area (TPSA) is 76.0 Å². The highest BCUT2D eigenvalue weighted by molar-refractivity contribution is 5.30. The summed E-state index contributed by atoms with van der Waals surface area (Å²) < 4.78 is 24.1.